The van der Waals surface area contributed by atoms with E-state index in [1.54, 1.807) is 4.90 Å². The van der Waals surface area contributed by atoms with E-state index in [2.05, 4.69) is 10.6 Å². The van der Waals surface area contributed by atoms with Gasteiger partial charge in [0.2, 0.25) is 15.7 Å². The minimum atomic E-state index is -3.77. The Morgan fingerprint density at radius 3 is 2.24 bits per heavy atom. The number of amides is 3. The maximum atomic E-state index is 13.0. The van der Waals surface area contributed by atoms with Gasteiger partial charge in [0.15, 0.2) is 0 Å². The average molecular weight is 419 g/mol. The summed E-state index contributed by atoms with van der Waals surface area (Å²) in [5.74, 6) is -0.421. The Bertz CT molecular complexity index is 991. The smallest absolute Gasteiger partial charge is 0.319 e. The molecule has 0 bridgehead atoms. The number of urea groups is 1. The van der Waals surface area contributed by atoms with Crippen LogP contribution < -0.4 is 10.6 Å². The van der Waals surface area contributed by atoms with Crippen molar-refractivity contribution >= 4 is 27.5 Å². The summed E-state index contributed by atoms with van der Waals surface area (Å²) in [4.78, 5) is 25.5. The van der Waals surface area contributed by atoms with Crippen LogP contribution in [-0.4, -0.2) is 44.4 Å². The van der Waals surface area contributed by atoms with Gasteiger partial charge in [-0.3, -0.25) is 4.79 Å². The van der Waals surface area contributed by atoms with Crippen molar-refractivity contribution in [2.24, 2.45) is 0 Å². The van der Waals surface area contributed by atoms with Crippen LogP contribution in [0.3, 0.4) is 0 Å². The number of anilines is 1. The van der Waals surface area contributed by atoms with E-state index in [0.717, 1.165) is 18.6 Å². The predicted molar refractivity (Wildman–Crippen MR) is 106 cm³/mol. The lowest BCUT2D eigenvalue weighted by Crippen LogP contribution is -2.44. The molecule has 7 nitrogen and oxygen atoms in total. The first-order chi connectivity index (χ1) is 13.8. The Morgan fingerprint density at radius 2 is 1.69 bits per heavy atom. The molecule has 0 radical (unpaired) electrons. The van der Waals surface area contributed by atoms with Crippen LogP contribution in [0.25, 0.3) is 0 Å². The second-order valence-electron chi connectivity index (χ2n) is 6.92. The van der Waals surface area contributed by atoms with Crippen molar-refractivity contribution in [3.63, 3.8) is 0 Å². The molecule has 2 aromatic carbocycles. The average Bonchev–Trinajstić information content (AvgIpc) is 3.07. The summed E-state index contributed by atoms with van der Waals surface area (Å²) in [6.45, 7) is 2.96. The third kappa shape index (κ3) is 5.11. The molecule has 1 unspecified atom stereocenters. The zero-order chi connectivity index (χ0) is 21.0. The number of sulfone groups is 1. The Morgan fingerprint density at radius 1 is 1.10 bits per heavy atom. The molecule has 0 spiro atoms. The third-order valence-electron chi connectivity index (χ3n) is 4.59. The highest BCUT2D eigenvalue weighted by molar-refractivity contribution is 7.91. The summed E-state index contributed by atoms with van der Waals surface area (Å²) in [5, 5.41) is 5.39. The summed E-state index contributed by atoms with van der Waals surface area (Å²) >= 11 is 0. The van der Waals surface area contributed by atoms with Crippen LogP contribution in [-0.2, 0) is 14.6 Å². The number of likely N-dealkylation sites (tertiary alicyclic amines) is 1. The van der Waals surface area contributed by atoms with E-state index in [1.807, 2.05) is 6.92 Å². The molecular formula is C20H22FN3O4S. The zero-order valence-electron chi connectivity index (χ0n) is 15.9. The van der Waals surface area contributed by atoms with E-state index in [1.165, 1.54) is 36.4 Å². The number of carbonyl (C=O) groups excluding carboxylic acids is 2. The van der Waals surface area contributed by atoms with Gasteiger partial charge in [-0.15, -0.1) is 0 Å². The molecule has 154 valence electrons. The van der Waals surface area contributed by atoms with E-state index in [0.29, 0.717) is 25.2 Å². The van der Waals surface area contributed by atoms with Gasteiger partial charge in [0.25, 0.3) is 0 Å². The highest BCUT2D eigenvalue weighted by Gasteiger charge is 2.22. The van der Waals surface area contributed by atoms with Gasteiger partial charge in [-0.05, 0) is 61.9 Å². The van der Waals surface area contributed by atoms with Crippen molar-refractivity contribution < 1.29 is 22.4 Å². The molecule has 2 N–H and O–H groups in total. The predicted octanol–water partition coefficient (Wildman–Crippen LogP) is 2.79. The summed E-state index contributed by atoms with van der Waals surface area (Å²) in [6.07, 6.45) is 1.39. The van der Waals surface area contributed by atoms with Gasteiger partial charge < -0.3 is 15.5 Å². The van der Waals surface area contributed by atoms with Crippen LogP contribution in [0, 0.1) is 5.82 Å². The van der Waals surface area contributed by atoms with Crippen LogP contribution in [0.1, 0.15) is 19.8 Å². The summed E-state index contributed by atoms with van der Waals surface area (Å²) in [7, 11) is -3.77. The quantitative estimate of drug-likeness (QED) is 0.704. The van der Waals surface area contributed by atoms with Gasteiger partial charge in [0.05, 0.1) is 9.79 Å². The molecule has 1 aliphatic rings. The maximum absolute atomic E-state index is 13.0. The van der Waals surface area contributed by atoms with E-state index in [9.17, 15) is 22.4 Å². The molecule has 29 heavy (non-hydrogen) atoms. The molecule has 1 fully saturated rings. The Kier molecular flexibility index (Phi) is 6.17. The minimum absolute atomic E-state index is 0.0114. The van der Waals surface area contributed by atoms with Crippen molar-refractivity contribution in [3.8, 4) is 0 Å². The van der Waals surface area contributed by atoms with E-state index >= 15 is 0 Å². The highest BCUT2D eigenvalue weighted by Crippen LogP contribution is 2.22. The molecule has 1 aliphatic heterocycles. The fraction of sp³-hybridized carbons (Fsp3) is 0.300. The number of nitrogens with zero attached hydrogens (tertiary/aromatic N) is 1. The van der Waals surface area contributed by atoms with Crippen molar-refractivity contribution in [2.45, 2.75) is 35.6 Å². The van der Waals surface area contributed by atoms with Gasteiger partial charge in [-0.25, -0.2) is 17.6 Å². The molecule has 1 atom stereocenters. The van der Waals surface area contributed by atoms with E-state index in [4.69, 9.17) is 0 Å². The fourth-order valence-corrected chi connectivity index (χ4v) is 4.39. The lowest BCUT2D eigenvalue weighted by atomic mass is 10.3. The van der Waals surface area contributed by atoms with E-state index in [-0.39, 0.29) is 21.7 Å². The molecule has 3 amide bonds. The highest BCUT2D eigenvalue weighted by atomic mass is 32.2. The summed E-state index contributed by atoms with van der Waals surface area (Å²) in [5.41, 5.74) is 0.421. The van der Waals surface area contributed by atoms with Crippen LogP contribution >= 0.6 is 0 Å². The molecule has 9 heteroatoms. The number of benzene rings is 2. The zero-order valence-corrected chi connectivity index (χ0v) is 16.7. The normalized spacial score (nSPS) is 15.2. The first kappa shape index (κ1) is 20.8. The van der Waals surface area contributed by atoms with Gasteiger partial charge in [0, 0.05) is 31.2 Å². The van der Waals surface area contributed by atoms with Crippen LogP contribution in [0.5, 0.6) is 0 Å². The first-order valence-corrected chi connectivity index (χ1v) is 10.7. The van der Waals surface area contributed by atoms with Crippen molar-refractivity contribution in [1.82, 2.24) is 10.2 Å². The van der Waals surface area contributed by atoms with Crippen molar-refractivity contribution in [3.05, 3.63) is 54.3 Å². The van der Waals surface area contributed by atoms with Gasteiger partial charge >= 0.3 is 6.03 Å². The molecule has 0 aliphatic carbocycles. The lowest BCUT2D eigenvalue weighted by Gasteiger charge is -2.21. The van der Waals surface area contributed by atoms with Gasteiger partial charge in [-0.2, -0.15) is 0 Å². The number of nitrogens with one attached hydrogen (secondary N) is 2. The van der Waals surface area contributed by atoms with Crippen LogP contribution in [0.2, 0.25) is 0 Å². The van der Waals surface area contributed by atoms with Gasteiger partial charge in [-0.1, -0.05) is 0 Å². The standard InChI is InChI=1S/C20H22FN3O4S/c1-14(13-24-12-2-3-19(24)25)22-20(26)23-16-6-10-18(11-7-16)29(27,28)17-8-4-15(21)5-9-17/h4-11,14H,2-3,12-13H2,1H3,(H2,22,23,26). The third-order valence-corrected chi connectivity index (χ3v) is 6.38. The fourth-order valence-electron chi connectivity index (χ4n) is 3.13. The molecule has 3 rings (SSSR count). The monoisotopic (exact) mass is 419 g/mol. The minimum Gasteiger partial charge on any atom is -0.341 e. The van der Waals surface area contributed by atoms with Gasteiger partial charge in [0.1, 0.15) is 5.82 Å². The van der Waals surface area contributed by atoms with Crippen LogP contribution in [0.15, 0.2) is 58.3 Å². The lowest BCUT2D eigenvalue weighted by molar-refractivity contribution is -0.127. The molecule has 1 heterocycles. The molecular weight excluding hydrogens is 397 g/mol. The van der Waals surface area contributed by atoms with E-state index < -0.39 is 21.7 Å². The Hall–Kier alpha value is -2.94. The molecule has 0 saturated carbocycles. The first-order valence-electron chi connectivity index (χ1n) is 9.22. The topological polar surface area (TPSA) is 95.6 Å². The number of hydrogen-bond donors (Lipinski definition) is 2. The number of rotatable bonds is 6. The Labute approximate surface area is 168 Å². The molecule has 1 saturated heterocycles. The summed E-state index contributed by atoms with van der Waals surface area (Å²) < 4.78 is 38.1. The molecule has 0 aromatic heterocycles. The summed E-state index contributed by atoms with van der Waals surface area (Å²) in [6, 6.07) is 9.62. The number of carbonyl (C=O) groups is 2. The largest absolute Gasteiger partial charge is 0.341 e. The molecule has 2 aromatic rings. The maximum Gasteiger partial charge on any atom is 0.319 e. The SMILES string of the molecule is CC(CN1CCCC1=O)NC(=O)Nc1ccc(S(=O)(=O)c2ccc(F)cc2)cc1. The second kappa shape index (κ2) is 8.60. The van der Waals surface area contributed by atoms with Crippen molar-refractivity contribution in [1.29, 1.82) is 0 Å². The Balaban J connectivity index is 1.59. The second-order valence-corrected chi connectivity index (χ2v) is 8.87. The van der Waals surface area contributed by atoms with Crippen molar-refractivity contribution in [2.75, 3.05) is 18.4 Å². The van der Waals surface area contributed by atoms with Crippen LogP contribution in [0.4, 0.5) is 14.9 Å². The number of halogens is 1. The number of hydrogen-bond acceptors (Lipinski definition) is 4.